The van der Waals surface area contributed by atoms with E-state index in [9.17, 15) is 4.79 Å². The van der Waals surface area contributed by atoms with Crippen LogP contribution in [0, 0.1) is 20.8 Å². The van der Waals surface area contributed by atoms with Crippen molar-refractivity contribution in [1.29, 1.82) is 0 Å². The first-order valence-electron chi connectivity index (χ1n) is 7.05. The van der Waals surface area contributed by atoms with Crippen LogP contribution in [0.1, 0.15) is 22.3 Å². The van der Waals surface area contributed by atoms with Crippen LogP contribution in [0.2, 0.25) is 0 Å². The van der Waals surface area contributed by atoms with Gasteiger partial charge in [-0.15, -0.1) is 11.8 Å². The topological polar surface area (TPSA) is 29.1 Å². The summed E-state index contributed by atoms with van der Waals surface area (Å²) in [7, 11) is 0. The Kier molecular flexibility index (Phi) is 5.45. The third-order valence-electron chi connectivity index (χ3n) is 3.25. The number of carbonyl (C=O) groups is 1. The van der Waals surface area contributed by atoms with Gasteiger partial charge in [0.1, 0.15) is 0 Å². The van der Waals surface area contributed by atoms with E-state index < -0.39 is 0 Å². The van der Waals surface area contributed by atoms with Gasteiger partial charge in [-0.2, -0.15) is 0 Å². The van der Waals surface area contributed by atoms with Gasteiger partial charge in [0, 0.05) is 11.4 Å². The number of amides is 1. The number of nitrogens with one attached hydrogen (secondary N) is 1. The van der Waals surface area contributed by atoms with E-state index in [2.05, 4.69) is 42.6 Å². The van der Waals surface area contributed by atoms with E-state index in [0.717, 1.165) is 22.6 Å². The SMILES string of the molecule is Cc1cccc(CSCC(=O)Nc2cc(C)ccc2C)c1. The molecule has 2 rings (SSSR count). The van der Waals surface area contributed by atoms with E-state index in [1.807, 2.05) is 26.0 Å². The molecule has 0 saturated carbocycles. The molecule has 0 aromatic heterocycles. The summed E-state index contributed by atoms with van der Waals surface area (Å²) in [6.45, 7) is 6.12. The van der Waals surface area contributed by atoms with Gasteiger partial charge in [-0.1, -0.05) is 42.0 Å². The quantitative estimate of drug-likeness (QED) is 0.881. The van der Waals surface area contributed by atoms with Crippen molar-refractivity contribution in [2.24, 2.45) is 0 Å². The van der Waals surface area contributed by atoms with E-state index in [1.54, 1.807) is 11.8 Å². The number of anilines is 1. The number of rotatable bonds is 5. The van der Waals surface area contributed by atoms with E-state index in [1.165, 1.54) is 11.1 Å². The lowest BCUT2D eigenvalue weighted by atomic mass is 10.1. The fraction of sp³-hybridized carbons (Fsp3) is 0.278. The van der Waals surface area contributed by atoms with Gasteiger partial charge < -0.3 is 5.32 Å². The molecule has 1 amide bonds. The zero-order valence-corrected chi connectivity index (χ0v) is 13.6. The molecule has 0 aliphatic heterocycles. The first-order chi connectivity index (χ1) is 10.0. The summed E-state index contributed by atoms with van der Waals surface area (Å²) in [6, 6.07) is 14.5. The third-order valence-corrected chi connectivity index (χ3v) is 4.26. The molecular formula is C18H21NOS. The molecule has 0 atom stereocenters. The van der Waals surface area contributed by atoms with Gasteiger partial charge in [0.25, 0.3) is 0 Å². The molecule has 2 aromatic carbocycles. The highest BCUT2D eigenvalue weighted by molar-refractivity contribution is 7.99. The molecule has 0 bridgehead atoms. The lowest BCUT2D eigenvalue weighted by molar-refractivity contribution is -0.113. The highest BCUT2D eigenvalue weighted by Crippen LogP contribution is 2.18. The first-order valence-corrected chi connectivity index (χ1v) is 8.20. The monoisotopic (exact) mass is 299 g/mol. The Bertz CT molecular complexity index is 637. The molecule has 21 heavy (non-hydrogen) atoms. The average Bonchev–Trinajstić information content (AvgIpc) is 2.43. The lowest BCUT2D eigenvalue weighted by Crippen LogP contribution is -2.15. The largest absolute Gasteiger partial charge is 0.325 e. The summed E-state index contributed by atoms with van der Waals surface area (Å²) >= 11 is 1.64. The summed E-state index contributed by atoms with van der Waals surface area (Å²) in [6.07, 6.45) is 0. The second-order valence-electron chi connectivity index (χ2n) is 5.35. The van der Waals surface area contributed by atoms with E-state index in [-0.39, 0.29) is 5.91 Å². The molecule has 2 aromatic rings. The minimum absolute atomic E-state index is 0.0568. The molecule has 110 valence electrons. The number of hydrogen-bond donors (Lipinski definition) is 1. The molecule has 0 heterocycles. The zero-order chi connectivity index (χ0) is 15.2. The van der Waals surface area contributed by atoms with Gasteiger partial charge in [0.05, 0.1) is 5.75 Å². The second kappa shape index (κ2) is 7.32. The predicted molar refractivity (Wildman–Crippen MR) is 91.9 cm³/mol. The molecular weight excluding hydrogens is 278 g/mol. The number of thioether (sulfide) groups is 1. The molecule has 0 saturated heterocycles. The van der Waals surface area contributed by atoms with Gasteiger partial charge in [-0.25, -0.2) is 0 Å². The van der Waals surface area contributed by atoms with Crippen LogP contribution in [0.5, 0.6) is 0 Å². The van der Waals surface area contributed by atoms with Crippen molar-refractivity contribution in [3.8, 4) is 0 Å². The standard InChI is InChI=1S/C18H21NOS/c1-13-5-4-6-16(9-13)11-21-12-18(20)19-17-10-14(2)7-8-15(17)3/h4-10H,11-12H2,1-3H3,(H,19,20). The maximum Gasteiger partial charge on any atom is 0.234 e. The summed E-state index contributed by atoms with van der Waals surface area (Å²) in [5.41, 5.74) is 5.68. The average molecular weight is 299 g/mol. The summed E-state index contributed by atoms with van der Waals surface area (Å²) in [5, 5.41) is 2.99. The number of benzene rings is 2. The zero-order valence-electron chi connectivity index (χ0n) is 12.8. The maximum absolute atomic E-state index is 12.0. The van der Waals surface area contributed by atoms with E-state index in [0.29, 0.717) is 5.75 Å². The summed E-state index contributed by atoms with van der Waals surface area (Å²) in [5.74, 6) is 1.39. The summed E-state index contributed by atoms with van der Waals surface area (Å²) in [4.78, 5) is 12.0. The highest BCUT2D eigenvalue weighted by Gasteiger charge is 2.05. The summed E-state index contributed by atoms with van der Waals surface area (Å²) < 4.78 is 0. The van der Waals surface area contributed by atoms with Crippen LogP contribution in [-0.2, 0) is 10.5 Å². The van der Waals surface area contributed by atoms with E-state index >= 15 is 0 Å². The Hall–Kier alpha value is -1.74. The highest BCUT2D eigenvalue weighted by atomic mass is 32.2. The van der Waals surface area contributed by atoms with Gasteiger partial charge in [-0.3, -0.25) is 4.79 Å². The Balaban J connectivity index is 1.84. The van der Waals surface area contributed by atoms with Crippen molar-refractivity contribution in [3.63, 3.8) is 0 Å². The van der Waals surface area contributed by atoms with Crippen molar-refractivity contribution < 1.29 is 4.79 Å². The molecule has 3 heteroatoms. The van der Waals surface area contributed by atoms with Crippen molar-refractivity contribution in [2.45, 2.75) is 26.5 Å². The first kappa shape index (κ1) is 15.6. The van der Waals surface area contributed by atoms with Crippen LogP contribution in [0.25, 0.3) is 0 Å². The van der Waals surface area contributed by atoms with Crippen molar-refractivity contribution in [3.05, 3.63) is 64.7 Å². The Morgan fingerprint density at radius 1 is 1.05 bits per heavy atom. The number of carbonyl (C=O) groups excluding carboxylic acids is 1. The van der Waals surface area contributed by atoms with Gasteiger partial charge in [-0.05, 0) is 43.5 Å². The van der Waals surface area contributed by atoms with Gasteiger partial charge in [0.2, 0.25) is 5.91 Å². The van der Waals surface area contributed by atoms with Crippen LogP contribution >= 0.6 is 11.8 Å². The predicted octanol–water partition coefficient (Wildman–Crippen LogP) is 4.48. The lowest BCUT2D eigenvalue weighted by Gasteiger charge is -2.09. The number of hydrogen-bond acceptors (Lipinski definition) is 2. The van der Waals surface area contributed by atoms with Crippen LogP contribution in [0.4, 0.5) is 5.69 Å². The van der Waals surface area contributed by atoms with Crippen molar-refractivity contribution >= 4 is 23.4 Å². The smallest absolute Gasteiger partial charge is 0.234 e. The van der Waals surface area contributed by atoms with Crippen LogP contribution in [-0.4, -0.2) is 11.7 Å². The van der Waals surface area contributed by atoms with Gasteiger partial charge in [0.15, 0.2) is 0 Å². The maximum atomic E-state index is 12.0. The Labute approximate surface area is 131 Å². The van der Waals surface area contributed by atoms with Crippen LogP contribution in [0.3, 0.4) is 0 Å². The molecule has 0 unspecified atom stereocenters. The molecule has 1 N–H and O–H groups in total. The van der Waals surface area contributed by atoms with Gasteiger partial charge >= 0.3 is 0 Å². The third kappa shape index (κ3) is 4.94. The Morgan fingerprint density at radius 2 is 1.81 bits per heavy atom. The Morgan fingerprint density at radius 3 is 2.57 bits per heavy atom. The molecule has 2 nitrogen and oxygen atoms in total. The number of aryl methyl sites for hydroxylation is 3. The minimum atomic E-state index is 0.0568. The molecule has 0 aliphatic rings. The molecule has 0 radical (unpaired) electrons. The molecule has 0 fully saturated rings. The fourth-order valence-electron chi connectivity index (χ4n) is 2.12. The van der Waals surface area contributed by atoms with Crippen LogP contribution < -0.4 is 5.32 Å². The van der Waals surface area contributed by atoms with Crippen molar-refractivity contribution in [2.75, 3.05) is 11.1 Å². The van der Waals surface area contributed by atoms with E-state index in [4.69, 9.17) is 0 Å². The molecule has 0 aliphatic carbocycles. The normalized spacial score (nSPS) is 10.4. The van der Waals surface area contributed by atoms with Crippen molar-refractivity contribution in [1.82, 2.24) is 0 Å². The second-order valence-corrected chi connectivity index (χ2v) is 6.33. The molecule has 0 spiro atoms. The minimum Gasteiger partial charge on any atom is -0.325 e. The fourth-order valence-corrected chi connectivity index (χ4v) is 2.90. The van der Waals surface area contributed by atoms with Crippen LogP contribution in [0.15, 0.2) is 42.5 Å².